The molecule has 26 heavy (non-hydrogen) atoms. The standard InChI is InChI=1S/C20H24N4O2/c1-14-10-15(2)19(16(3)11-14)22-17-4-5-18(21-12-17)20(26)24-8-6-23(13-25)7-9-24/h4-5,10-13,22H,6-9H2,1-3H3. The van der Waals surface area contributed by atoms with E-state index in [9.17, 15) is 9.59 Å². The Balaban J connectivity index is 1.69. The largest absolute Gasteiger partial charge is 0.354 e. The lowest BCUT2D eigenvalue weighted by Crippen LogP contribution is -2.48. The number of hydrogen-bond donors (Lipinski definition) is 1. The molecule has 0 spiro atoms. The summed E-state index contributed by atoms with van der Waals surface area (Å²) in [6.45, 7) is 8.46. The molecule has 1 aliphatic heterocycles. The average Bonchev–Trinajstić information content (AvgIpc) is 2.64. The Hall–Kier alpha value is -2.89. The summed E-state index contributed by atoms with van der Waals surface area (Å²) in [5.74, 6) is -0.0928. The molecule has 1 aromatic carbocycles. The average molecular weight is 352 g/mol. The van der Waals surface area contributed by atoms with Crippen LogP contribution in [0.15, 0.2) is 30.5 Å². The number of anilines is 2. The first-order valence-electron chi connectivity index (χ1n) is 8.77. The number of benzene rings is 1. The molecule has 1 aromatic heterocycles. The van der Waals surface area contributed by atoms with Gasteiger partial charge in [0.1, 0.15) is 5.69 Å². The topological polar surface area (TPSA) is 65.5 Å². The first-order valence-corrected chi connectivity index (χ1v) is 8.77. The maximum Gasteiger partial charge on any atom is 0.272 e. The van der Waals surface area contributed by atoms with Crippen LogP contribution in [0.25, 0.3) is 0 Å². The first-order chi connectivity index (χ1) is 12.5. The van der Waals surface area contributed by atoms with Gasteiger partial charge in [-0.15, -0.1) is 0 Å². The van der Waals surface area contributed by atoms with Gasteiger partial charge >= 0.3 is 0 Å². The minimum atomic E-state index is -0.0928. The Morgan fingerprint density at radius 2 is 1.73 bits per heavy atom. The van der Waals surface area contributed by atoms with Gasteiger partial charge in [-0.2, -0.15) is 0 Å². The van der Waals surface area contributed by atoms with Crippen LogP contribution in [0.5, 0.6) is 0 Å². The van der Waals surface area contributed by atoms with Crippen molar-refractivity contribution in [3.8, 4) is 0 Å². The van der Waals surface area contributed by atoms with Crippen LogP contribution >= 0.6 is 0 Å². The lowest BCUT2D eigenvalue weighted by molar-refractivity contribution is -0.119. The molecule has 6 nitrogen and oxygen atoms in total. The lowest BCUT2D eigenvalue weighted by atomic mass is 10.0. The van der Waals surface area contributed by atoms with Crippen LogP contribution in [-0.4, -0.2) is 53.3 Å². The van der Waals surface area contributed by atoms with Gasteiger partial charge in [0, 0.05) is 31.9 Å². The van der Waals surface area contributed by atoms with Gasteiger partial charge in [-0.3, -0.25) is 9.59 Å². The van der Waals surface area contributed by atoms with Crippen molar-refractivity contribution in [1.29, 1.82) is 0 Å². The SMILES string of the molecule is Cc1cc(C)c(Nc2ccc(C(=O)N3CCN(C=O)CC3)nc2)c(C)c1. The van der Waals surface area contributed by atoms with Crippen LogP contribution < -0.4 is 5.32 Å². The number of amides is 2. The number of aryl methyl sites for hydroxylation is 3. The first kappa shape index (κ1) is 17.9. The predicted molar refractivity (Wildman–Crippen MR) is 102 cm³/mol. The molecule has 6 heteroatoms. The Morgan fingerprint density at radius 1 is 1.08 bits per heavy atom. The van der Waals surface area contributed by atoms with Gasteiger partial charge in [0.2, 0.25) is 6.41 Å². The van der Waals surface area contributed by atoms with E-state index in [4.69, 9.17) is 0 Å². The van der Waals surface area contributed by atoms with Crippen LogP contribution in [0.4, 0.5) is 11.4 Å². The van der Waals surface area contributed by atoms with Gasteiger partial charge in [-0.25, -0.2) is 4.98 Å². The summed E-state index contributed by atoms with van der Waals surface area (Å²) in [4.78, 5) is 31.1. The number of pyridine rings is 1. The maximum atomic E-state index is 12.5. The minimum Gasteiger partial charge on any atom is -0.354 e. The molecule has 0 aliphatic carbocycles. The molecule has 1 aliphatic rings. The Kier molecular flexibility index (Phi) is 5.21. The fraction of sp³-hybridized carbons (Fsp3) is 0.350. The number of rotatable bonds is 4. The molecular formula is C20H24N4O2. The monoisotopic (exact) mass is 352 g/mol. The van der Waals surface area contributed by atoms with Crippen LogP contribution in [-0.2, 0) is 4.79 Å². The highest BCUT2D eigenvalue weighted by Gasteiger charge is 2.22. The summed E-state index contributed by atoms with van der Waals surface area (Å²) in [6.07, 6.45) is 2.52. The molecule has 0 unspecified atom stereocenters. The molecule has 0 bridgehead atoms. The van der Waals surface area contributed by atoms with Crippen molar-refractivity contribution < 1.29 is 9.59 Å². The Labute approximate surface area is 153 Å². The van der Waals surface area contributed by atoms with Crippen molar-refractivity contribution in [2.24, 2.45) is 0 Å². The van der Waals surface area contributed by atoms with Crippen LogP contribution in [0, 0.1) is 20.8 Å². The van der Waals surface area contributed by atoms with Crippen molar-refractivity contribution >= 4 is 23.7 Å². The Morgan fingerprint density at radius 3 is 2.27 bits per heavy atom. The molecule has 2 heterocycles. The van der Waals surface area contributed by atoms with Gasteiger partial charge in [0.25, 0.3) is 5.91 Å². The molecular weight excluding hydrogens is 328 g/mol. The third-order valence-electron chi connectivity index (χ3n) is 4.68. The Bertz CT molecular complexity index is 786. The third-order valence-corrected chi connectivity index (χ3v) is 4.68. The fourth-order valence-corrected chi connectivity index (χ4v) is 3.31. The predicted octanol–water partition coefficient (Wildman–Crippen LogP) is 2.66. The zero-order valence-electron chi connectivity index (χ0n) is 15.5. The second-order valence-corrected chi connectivity index (χ2v) is 6.76. The number of carbonyl (C=O) groups is 2. The van der Waals surface area contributed by atoms with Gasteiger partial charge in [0.05, 0.1) is 11.9 Å². The van der Waals surface area contributed by atoms with Gasteiger partial charge in [-0.1, -0.05) is 17.7 Å². The van der Waals surface area contributed by atoms with E-state index >= 15 is 0 Å². The molecule has 1 N–H and O–H groups in total. The second-order valence-electron chi connectivity index (χ2n) is 6.76. The summed E-state index contributed by atoms with van der Waals surface area (Å²) in [5.41, 5.74) is 5.93. The number of nitrogens with zero attached hydrogens (tertiary/aromatic N) is 3. The maximum absolute atomic E-state index is 12.5. The molecule has 136 valence electrons. The van der Waals surface area contributed by atoms with E-state index in [2.05, 4.69) is 43.2 Å². The van der Waals surface area contributed by atoms with E-state index in [0.29, 0.717) is 31.9 Å². The number of carbonyl (C=O) groups excluding carboxylic acids is 2. The summed E-state index contributed by atoms with van der Waals surface area (Å²) >= 11 is 0. The van der Waals surface area contributed by atoms with E-state index in [1.807, 2.05) is 6.07 Å². The van der Waals surface area contributed by atoms with Crippen LogP contribution in [0.2, 0.25) is 0 Å². The van der Waals surface area contributed by atoms with Crippen LogP contribution in [0.1, 0.15) is 27.2 Å². The molecule has 1 saturated heterocycles. The van der Waals surface area contributed by atoms with Gasteiger partial charge in [-0.05, 0) is 44.0 Å². The molecule has 0 atom stereocenters. The van der Waals surface area contributed by atoms with Gasteiger partial charge < -0.3 is 15.1 Å². The zero-order chi connectivity index (χ0) is 18.7. The van der Waals surface area contributed by atoms with E-state index in [1.165, 1.54) is 16.7 Å². The van der Waals surface area contributed by atoms with Crippen molar-refractivity contribution in [2.75, 3.05) is 31.5 Å². The minimum absolute atomic E-state index is 0.0928. The molecule has 1 fully saturated rings. The van der Waals surface area contributed by atoms with E-state index in [-0.39, 0.29) is 5.91 Å². The molecule has 2 aromatic rings. The van der Waals surface area contributed by atoms with Crippen molar-refractivity contribution in [3.63, 3.8) is 0 Å². The van der Waals surface area contributed by atoms with Crippen LogP contribution in [0.3, 0.4) is 0 Å². The normalized spacial score (nSPS) is 14.3. The quantitative estimate of drug-likeness (QED) is 0.859. The van der Waals surface area contributed by atoms with Crippen molar-refractivity contribution in [2.45, 2.75) is 20.8 Å². The highest BCUT2D eigenvalue weighted by Crippen LogP contribution is 2.25. The fourth-order valence-electron chi connectivity index (χ4n) is 3.31. The summed E-state index contributed by atoms with van der Waals surface area (Å²) in [5, 5.41) is 3.39. The summed E-state index contributed by atoms with van der Waals surface area (Å²) in [7, 11) is 0. The third kappa shape index (κ3) is 3.85. The van der Waals surface area contributed by atoms with E-state index in [0.717, 1.165) is 17.8 Å². The smallest absolute Gasteiger partial charge is 0.272 e. The van der Waals surface area contributed by atoms with E-state index in [1.54, 1.807) is 22.1 Å². The summed E-state index contributed by atoms with van der Waals surface area (Å²) in [6, 6.07) is 7.90. The molecule has 0 saturated carbocycles. The van der Waals surface area contributed by atoms with Gasteiger partial charge in [0.15, 0.2) is 0 Å². The number of piperazine rings is 1. The number of hydrogen-bond acceptors (Lipinski definition) is 4. The number of nitrogens with one attached hydrogen (secondary N) is 1. The molecule has 3 rings (SSSR count). The highest BCUT2D eigenvalue weighted by molar-refractivity contribution is 5.92. The second kappa shape index (κ2) is 7.56. The van der Waals surface area contributed by atoms with E-state index < -0.39 is 0 Å². The highest BCUT2D eigenvalue weighted by atomic mass is 16.2. The van der Waals surface area contributed by atoms with Crippen molar-refractivity contribution in [3.05, 3.63) is 52.8 Å². The van der Waals surface area contributed by atoms with Crippen molar-refractivity contribution in [1.82, 2.24) is 14.8 Å². The lowest BCUT2D eigenvalue weighted by Gasteiger charge is -2.32. The number of aromatic nitrogens is 1. The molecule has 2 amide bonds. The molecule has 0 radical (unpaired) electrons. The summed E-state index contributed by atoms with van der Waals surface area (Å²) < 4.78 is 0. The zero-order valence-corrected chi connectivity index (χ0v) is 15.5.